The third-order valence-corrected chi connectivity index (χ3v) is 7.89. The summed E-state index contributed by atoms with van der Waals surface area (Å²) in [4.78, 5) is 40.1. The number of hydrogen-bond donors (Lipinski definition) is 1. The van der Waals surface area contributed by atoms with Crippen LogP contribution in [0.4, 0.5) is 4.79 Å². The Kier molecular flexibility index (Phi) is 11.2. The fraction of sp³-hybridized carbons (Fsp3) is 0.265. The summed E-state index contributed by atoms with van der Waals surface area (Å²) in [5.41, 5.74) is 1.01. The van der Waals surface area contributed by atoms with Gasteiger partial charge in [-0.05, 0) is 80.3 Å². The highest BCUT2D eigenvalue weighted by Crippen LogP contribution is 2.37. The first-order valence-corrected chi connectivity index (χ1v) is 16.2. The number of urea groups is 1. The number of rotatable bonds is 15. The first kappa shape index (κ1) is 33.8. The Balaban J connectivity index is 1.69. The molecule has 0 atom stereocenters. The van der Waals surface area contributed by atoms with E-state index in [9.17, 15) is 22.8 Å². The quantitative estimate of drug-likeness (QED) is 0.0990. The van der Waals surface area contributed by atoms with Crippen LogP contribution in [0, 0.1) is 0 Å². The molecule has 0 aliphatic carbocycles. The second kappa shape index (κ2) is 15.3. The van der Waals surface area contributed by atoms with Gasteiger partial charge in [0.05, 0.1) is 26.4 Å². The van der Waals surface area contributed by atoms with Gasteiger partial charge in [-0.3, -0.25) is 19.8 Å². The van der Waals surface area contributed by atoms with Crippen molar-refractivity contribution in [1.29, 1.82) is 0 Å². The standard InChI is InChI=1S/C34H36N2O9S/c1-5-12-25-18-24(21-30(43-8-4)31(25)45-46(40,41)26-13-10-9-11-14-26)19-27-32(37)35-34(39)36(33(27)38)22-23-15-16-28(44-17-6-2)29(20-23)42-7-3/h5,9-11,13-16,18-21H,1,6-8,12,17,22H2,2-4H3,(H,35,37,39)/b27-19+. The molecule has 1 saturated heterocycles. The number of imide groups is 2. The molecule has 3 aromatic carbocycles. The van der Waals surface area contributed by atoms with Crippen LogP contribution in [-0.4, -0.2) is 51.0 Å². The van der Waals surface area contributed by atoms with Gasteiger partial charge in [0, 0.05) is 5.56 Å². The summed E-state index contributed by atoms with van der Waals surface area (Å²) in [5.74, 6) is -0.630. The lowest BCUT2D eigenvalue weighted by molar-refractivity contribution is -0.130. The van der Waals surface area contributed by atoms with E-state index in [4.69, 9.17) is 18.4 Å². The fourth-order valence-corrected chi connectivity index (χ4v) is 5.61. The third kappa shape index (κ3) is 7.94. The van der Waals surface area contributed by atoms with Crippen molar-refractivity contribution in [3.8, 4) is 23.0 Å². The lowest BCUT2D eigenvalue weighted by Crippen LogP contribution is -2.53. The highest BCUT2D eigenvalue weighted by atomic mass is 32.2. The van der Waals surface area contributed by atoms with Gasteiger partial charge in [0.1, 0.15) is 10.5 Å². The molecule has 12 heteroatoms. The minimum atomic E-state index is -4.22. The molecule has 242 valence electrons. The van der Waals surface area contributed by atoms with E-state index in [1.165, 1.54) is 24.3 Å². The Morgan fingerprint density at radius 3 is 2.26 bits per heavy atom. The van der Waals surface area contributed by atoms with Crippen molar-refractivity contribution in [2.45, 2.75) is 45.1 Å². The van der Waals surface area contributed by atoms with Crippen LogP contribution in [0.2, 0.25) is 0 Å². The summed E-state index contributed by atoms with van der Waals surface area (Å²) >= 11 is 0. The van der Waals surface area contributed by atoms with Crippen LogP contribution in [0.25, 0.3) is 6.08 Å². The van der Waals surface area contributed by atoms with Crippen molar-refractivity contribution in [1.82, 2.24) is 10.2 Å². The van der Waals surface area contributed by atoms with Gasteiger partial charge in [-0.25, -0.2) is 4.79 Å². The summed E-state index contributed by atoms with van der Waals surface area (Å²) in [6.45, 7) is 10.2. The summed E-state index contributed by atoms with van der Waals surface area (Å²) < 4.78 is 48.9. The number of benzene rings is 3. The van der Waals surface area contributed by atoms with Gasteiger partial charge in [-0.1, -0.05) is 37.3 Å². The number of allylic oxidation sites excluding steroid dienone is 1. The molecule has 0 unspecified atom stereocenters. The Labute approximate surface area is 268 Å². The van der Waals surface area contributed by atoms with Crippen LogP contribution in [0.5, 0.6) is 23.0 Å². The molecule has 4 amide bonds. The molecule has 0 saturated carbocycles. The maximum Gasteiger partial charge on any atom is 0.339 e. The molecule has 0 bridgehead atoms. The molecule has 0 spiro atoms. The van der Waals surface area contributed by atoms with Crippen molar-refractivity contribution >= 4 is 34.0 Å². The predicted molar refractivity (Wildman–Crippen MR) is 171 cm³/mol. The molecular formula is C34H36N2O9S. The van der Waals surface area contributed by atoms with E-state index in [1.807, 2.05) is 13.8 Å². The zero-order valence-corrected chi connectivity index (χ0v) is 26.7. The molecule has 11 nitrogen and oxygen atoms in total. The van der Waals surface area contributed by atoms with E-state index >= 15 is 0 Å². The van der Waals surface area contributed by atoms with Crippen LogP contribution in [0.1, 0.15) is 43.9 Å². The van der Waals surface area contributed by atoms with E-state index in [2.05, 4.69) is 11.9 Å². The van der Waals surface area contributed by atoms with Crippen molar-refractivity contribution in [2.75, 3.05) is 19.8 Å². The van der Waals surface area contributed by atoms with Crippen LogP contribution in [0.3, 0.4) is 0 Å². The van der Waals surface area contributed by atoms with E-state index in [0.717, 1.165) is 11.3 Å². The average Bonchev–Trinajstić information content (AvgIpc) is 3.03. The number of carbonyl (C=O) groups is 3. The Morgan fingerprint density at radius 1 is 0.870 bits per heavy atom. The third-order valence-electron chi connectivity index (χ3n) is 6.65. The van der Waals surface area contributed by atoms with Crippen molar-refractivity contribution < 1.29 is 41.2 Å². The molecule has 0 aromatic heterocycles. The maximum atomic E-state index is 13.6. The molecule has 4 rings (SSSR count). The molecular weight excluding hydrogens is 612 g/mol. The molecule has 0 radical (unpaired) electrons. The van der Waals surface area contributed by atoms with E-state index in [-0.39, 0.29) is 41.5 Å². The van der Waals surface area contributed by atoms with Crippen LogP contribution in [0.15, 0.2) is 83.8 Å². The van der Waals surface area contributed by atoms with Crippen molar-refractivity contribution in [3.63, 3.8) is 0 Å². The van der Waals surface area contributed by atoms with Gasteiger partial charge in [-0.15, -0.1) is 6.58 Å². The Hall–Kier alpha value is -5.10. The van der Waals surface area contributed by atoms with Crippen molar-refractivity contribution in [2.24, 2.45) is 0 Å². The molecule has 1 aliphatic rings. The number of carbonyl (C=O) groups excluding carboxylic acids is 3. The topological polar surface area (TPSA) is 138 Å². The Bertz CT molecular complexity index is 1750. The maximum absolute atomic E-state index is 13.6. The predicted octanol–water partition coefficient (Wildman–Crippen LogP) is 5.43. The van der Waals surface area contributed by atoms with Gasteiger partial charge in [-0.2, -0.15) is 8.42 Å². The van der Waals surface area contributed by atoms with E-state index in [0.29, 0.717) is 41.4 Å². The minimum absolute atomic E-state index is 0.0413. The normalized spacial score (nSPS) is 14.2. The largest absolute Gasteiger partial charge is 0.490 e. The van der Waals surface area contributed by atoms with Gasteiger partial charge in [0.25, 0.3) is 11.8 Å². The van der Waals surface area contributed by atoms with Crippen molar-refractivity contribution in [3.05, 3.63) is 95.6 Å². The zero-order valence-electron chi connectivity index (χ0n) is 25.9. The van der Waals surface area contributed by atoms with E-state index in [1.54, 1.807) is 55.5 Å². The minimum Gasteiger partial charge on any atom is -0.490 e. The molecule has 46 heavy (non-hydrogen) atoms. The number of ether oxygens (including phenoxy) is 3. The number of nitrogens with zero attached hydrogens (tertiary/aromatic N) is 1. The van der Waals surface area contributed by atoms with Gasteiger partial charge >= 0.3 is 16.1 Å². The smallest absolute Gasteiger partial charge is 0.339 e. The summed E-state index contributed by atoms with van der Waals surface area (Å²) in [6, 6.07) is 14.9. The van der Waals surface area contributed by atoms with Gasteiger partial charge in [0.2, 0.25) is 0 Å². The average molecular weight is 649 g/mol. The number of nitrogens with one attached hydrogen (secondary N) is 1. The SMILES string of the molecule is C=CCc1cc(/C=C2\C(=O)NC(=O)N(Cc3ccc(OCCC)c(OCC)c3)C2=O)cc(OCC)c1OS(=O)(=O)c1ccccc1. The Morgan fingerprint density at radius 2 is 1.59 bits per heavy atom. The molecule has 1 heterocycles. The molecule has 1 N–H and O–H groups in total. The molecule has 3 aromatic rings. The molecule has 1 fully saturated rings. The van der Waals surface area contributed by atoms with Gasteiger partial charge in [0.15, 0.2) is 23.0 Å². The highest BCUT2D eigenvalue weighted by molar-refractivity contribution is 7.87. The fourth-order valence-electron chi connectivity index (χ4n) is 4.61. The lowest BCUT2D eigenvalue weighted by atomic mass is 10.0. The lowest BCUT2D eigenvalue weighted by Gasteiger charge is -2.27. The van der Waals surface area contributed by atoms with Crippen LogP contribution < -0.4 is 23.7 Å². The van der Waals surface area contributed by atoms with E-state index < -0.39 is 28.0 Å². The molecule has 1 aliphatic heterocycles. The zero-order chi connectivity index (χ0) is 33.3. The summed E-state index contributed by atoms with van der Waals surface area (Å²) in [5, 5.41) is 2.22. The summed E-state index contributed by atoms with van der Waals surface area (Å²) in [7, 11) is -4.22. The van der Waals surface area contributed by atoms with Gasteiger partial charge < -0.3 is 18.4 Å². The second-order valence-corrected chi connectivity index (χ2v) is 11.6. The monoisotopic (exact) mass is 648 g/mol. The first-order chi connectivity index (χ1) is 22.1. The van der Waals surface area contributed by atoms with Crippen LogP contribution in [-0.2, 0) is 32.7 Å². The first-order valence-electron chi connectivity index (χ1n) is 14.8. The number of hydrogen-bond acceptors (Lipinski definition) is 9. The number of barbiturate groups is 1. The second-order valence-electron chi connectivity index (χ2n) is 10.1. The highest BCUT2D eigenvalue weighted by Gasteiger charge is 2.36. The number of amides is 4. The van der Waals surface area contributed by atoms with Crippen LogP contribution >= 0.6 is 0 Å². The summed E-state index contributed by atoms with van der Waals surface area (Å²) in [6.07, 6.45) is 3.86.